The average Bonchev–Trinajstić information content (AvgIpc) is 2.51. The van der Waals surface area contributed by atoms with E-state index in [1.165, 1.54) is 0 Å². The maximum absolute atomic E-state index is 14.0. The van der Waals surface area contributed by atoms with Crippen LogP contribution in [-0.4, -0.2) is 32.8 Å². The van der Waals surface area contributed by atoms with Gasteiger partial charge in [0.25, 0.3) is 0 Å². The van der Waals surface area contributed by atoms with Crippen LogP contribution in [0.2, 0.25) is 0 Å². The molecule has 0 aliphatic carbocycles. The van der Waals surface area contributed by atoms with E-state index in [0.29, 0.717) is 0 Å². The monoisotopic (exact) mass is 465 g/mol. The van der Waals surface area contributed by atoms with E-state index in [0.717, 1.165) is 0 Å². The molecule has 0 aliphatic heterocycles. The van der Waals surface area contributed by atoms with Gasteiger partial charge in [0.05, 0.1) is 11.1 Å². The van der Waals surface area contributed by atoms with Crippen LogP contribution in [0, 0.1) is 52.4 Å². The van der Waals surface area contributed by atoms with Crippen LogP contribution in [0.1, 0.15) is 0 Å². The normalized spacial score (nSPS) is 11.5. The summed E-state index contributed by atoms with van der Waals surface area (Å²) in [5.41, 5.74) is -4.81. The average molecular weight is 466 g/mol. The molecular formula is C12HF9GaO3S. The van der Waals surface area contributed by atoms with Crippen molar-refractivity contribution in [1.82, 2.24) is 0 Å². The SMILES string of the molecule is O=S(=O)(O)c1c(F)c(F)c(F)c(-c2c(F)c(F)c(F)c(F)c2F)c1F.[Ga]. The Labute approximate surface area is 151 Å². The number of hydrogen-bond donors (Lipinski definition) is 1. The predicted octanol–water partition coefficient (Wildman–Crippen LogP) is 3.47. The van der Waals surface area contributed by atoms with Gasteiger partial charge in [0.1, 0.15) is 0 Å². The summed E-state index contributed by atoms with van der Waals surface area (Å²) in [4.78, 5) is -2.58. The minimum absolute atomic E-state index is 0. The van der Waals surface area contributed by atoms with Crippen molar-refractivity contribution < 1.29 is 52.5 Å². The summed E-state index contributed by atoms with van der Waals surface area (Å²) >= 11 is 0. The molecule has 0 aromatic heterocycles. The molecule has 3 nitrogen and oxygen atoms in total. The van der Waals surface area contributed by atoms with E-state index in [1.807, 2.05) is 0 Å². The van der Waals surface area contributed by atoms with Crippen molar-refractivity contribution in [1.29, 1.82) is 0 Å². The molecule has 26 heavy (non-hydrogen) atoms. The molecule has 0 saturated carbocycles. The van der Waals surface area contributed by atoms with Crippen molar-refractivity contribution in [3.63, 3.8) is 0 Å². The van der Waals surface area contributed by atoms with Crippen molar-refractivity contribution in [3.05, 3.63) is 52.4 Å². The molecule has 0 unspecified atom stereocenters. The van der Waals surface area contributed by atoms with Crippen LogP contribution >= 0.6 is 0 Å². The van der Waals surface area contributed by atoms with E-state index in [-0.39, 0.29) is 19.8 Å². The van der Waals surface area contributed by atoms with Gasteiger partial charge >= 0.3 is 10.1 Å². The molecule has 0 bridgehead atoms. The zero-order valence-electron chi connectivity index (χ0n) is 11.7. The first kappa shape index (κ1) is 22.4. The van der Waals surface area contributed by atoms with Gasteiger partial charge in [-0.15, -0.1) is 0 Å². The van der Waals surface area contributed by atoms with Crippen LogP contribution < -0.4 is 0 Å². The van der Waals surface area contributed by atoms with Gasteiger partial charge in [0.2, 0.25) is 5.82 Å². The second kappa shape index (κ2) is 7.17. The van der Waals surface area contributed by atoms with Crippen molar-refractivity contribution in [2.45, 2.75) is 4.90 Å². The van der Waals surface area contributed by atoms with Crippen LogP contribution in [0.3, 0.4) is 0 Å². The van der Waals surface area contributed by atoms with Gasteiger partial charge in [-0.25, -0.2) is 39.5 Å². The third-order valence-corrected chi connectivity index (χ3v) is 3.82. The first-order valence-corrected chi connectivity index (χ1v) is 7.11. The first-order valence-electron chi connectivity index (χ1n) is 5.67. The van der Waals surface area contributed by atoms with E-state index in [2.05, 4.69) is 0 Å². The van der Waals surface area contributed by atoms with Gasteiger partial charge in [-0.2, -0.15) is 8.42 Å². The summed E-state index contributed by atoms with van der Waals surface area (Å²) in [5.74, 6) is -25.0. The summed E-state index contributed by atoms with van der Waals surface area (Å²) in [6.45, 7) is 0. The van der Waals surface area contributed by atoms with E-state index < -0.39 is 78.5 Å². The van der Waals surface area contributed by atoms with Crippen LogP contribution in [0.5, 0.6) is 0 Å². The Bertz CT molecular complexity index is 995. The molecule has 2 aromatic rings. The molecular weight excluding hydrogens is 465 g/mol. The largest absolute Gasteiger partial charge is 0.300 e. The molecule has 0 fully saturated rings. The Morgan fingerprint density at radius 1 is 0.500 bits per heavy atom. The van der Waals surface area contributed by atoms with Gasteiger partial charge in [0.15, 0.2) is 51.4 Å². The number of hydrogen-bond acceptors (Lipinski definition) is 2. The fourth-order valence-corrected chi connectivity index (χ4v) is 2.53. The summed E-state index contributed by atoms with van der Waals surface area (Å²) in [7, 11) is -5.95. The molecule has 2 rings (SSSR count). The molecule has 0 atom stereocenters. The predicted molar refractivity (Wildman–Crippen MR) is 67.1 cm³/mol. The Balaban J connectivity index is 0.00000338. The quantitative estimate of drug-likeness (QED) is 0.243. The van der Waals surface area contributed by atoms with Crippen LogP contribution in [0.25, 0.3) is 11.1 Å². The zero-order chi connectivity index (χ0) is 19.4. The summed E-state index contributed by atoms with van der Waals surface area (Å²) in [6.07, 6.45) is 0. The van der Waals surface area contributed by atoms with Crippen molar-refractivity contribution in [2.24, 2.45) is 0 Å². The van der Waals surface area contributed by atoms with Crippen molar-refractivity contribution in [2.75, 3.05) is 0 Å². The third kappa shape index (κ3) is 3.21. The molecule has 0 amide bonds. The smallest absolute Gasteiger partial charge is 0.282 e. The van der Waals surface area contributed by atoms with Crippen LogP contribution in [0.15, 0.2) is 4.90 Å². The Hall–Kier alpha value is -1.64. The second-order valence-electron chi connectivity index (χ2n) is 4.38. The Morgan fingerprint density at radius 3 is 1.12 bits per heavy atom. The van der Waals surface area contributed by atoms with Crippen molar-refractivity contribution >= 4 is 29.9 Å². The summed E-state index contributed by atoms with van der Waals surface area (Å²) < 4.78 is 151. The molecule has 2 aromatic carbocycles. The maximum atomic E-state index is 14.0. The fraction of sp³-hybridized carbons (Fsp3) is 0. The minimum Gasteiger partial charge on any atom is -0.282 e. The molecule has 139 valence electrons. The Kier molecular flexibility index (Phi) is 6.17. The minimum atomic E-state index is -5.95. The van der Waals surface area contributed by atoms with Gasteiger partial charge in [-0.1, -0.05) is 0 Å². The summed E-state index contributed by atoms with van der Waals surface area (Å²) in [6, 6.07) is 0. The van der Waals surface area contributed by atoms with E-state index in [4.69, 9.17) is 4.55 Å². The van der Waals surface area contributed by atoms with Crippen molar-refractivity contribution in [3.8, 4) is 11.1 Å². The number of rotatable bonds is 2. The summed E-state index contributed by atoms with van der Waals surface area (Å²) in [5, 5.41) is 0. The molecule has 14 heteroatoms. The molecule has 1 N–H and O–H groups in total. The van der Waals surface area contributed by atoms with Gasteiger partial charge < -0.3 is 0 Å². The first-order chi connectivity index (χ1) is 11.3. The number of benzene rings is 2. The molecule has 0 saturated heterocycles. The molecule has 0 aliphatic rings. The topological polar surface area (TPSA) is 54.4 Å². The number of halogens is 9. The molecule has 0 spiro atoms. The van der Waals surface area contributed by atoms with E-state index in [1.54, 1.807) is 0 Å². The zero-order valence-corrected chi connectivity index (χ0v) is 14.9. The van der Waals surface area contributed by atoms with E-state index >= 15 is 0 Å². The van der Waals surface area contributed by atoms with Gasteiger partial charge in [-0.3, -0.25) is 4.55 Å². The van der Waals surface area contributed by atoms with E-state index in [9.17, 15) is 47.9 Å². The third-order valence-electron chi connectivity index (χ3n) is 2.94. The maximum Gasteiger partial charge on any atom is 0.300 e. The van der Waals surface area contributed by atoms with Gasteiger partial charge in [-0.05, 0) is 0 Å². The van der Waals surface area contributed by atoms with Crippen LogP contribution in [-0.2, 0) is 10.1 Å². The second-order valence-corrected chi connectivity index (χ2v) is 5.74. The van der Waals surface area contributed by atoms with Gasteiger partial charge in [0, 0.05) is 19.8 Å². The Morgan fingerprint density at radius 2 is 0.769 bits per heavy atom. The molecule has 0 heterocycles. The standard InChI is InChI=1S/C12HF9O3S.Ga/c13-3-1(4(14)8(18)10(20)7(3)17)2-5(15)9(19)11(21)12(6(2)16)25(22,23)24;/h(H,22,23,24);. The van der Waals surface area contributed by atoms with Crippen LogP contribution in [0.4, 0.5) is 39.5 Å². The fourth-order valence-electron chi connectivity index (χ4n) is 1.88. The molecule has 3 radical (unpaired) electrons.